The summed E-state index contributed by atoms with van der Waals surface area (Å²) in [6, 6.07) is 7.59. The zero-order valence-electron chi connectivity index (χ0n) is 13.9. The fraction of sp³-hybridized carbons (Fsp3) is 0.471. The van der Waals surface area contributed by atoms with Crippen molar-refractivity contribution >= 4 is 26.5 Å². The fourth-order valence-electron chi connectivity index (χ4n) is 2.87. The molecule has 0 unspecified atom stereocenters. The second-order valence-corrected chi connectivity index (χ2v) is 8.85. The van der Waals surface area contributed by atoms with Gasteiger partial charge in [-0.2, -0.15) is 0 Å². The summed E-state index contributed by atoms with van der Waals surface area (Å²) in [5.74, 6) is 0.0186. The zero-order chi connectivity index (χ0) is 17.0. The smallest absolute Gasteiger partial charge is 0.215 e. The van der Waals surface area contributed by atoms with E-state index in [0.29, 0.717) is 13.0 Å². The number of anilines is 1. The lowest BCUT2D eigenvalue weighted by atomic mass is 10.2. The van der Waals surface area contributed by atoms with E-state index < -0.39 is 10.0 Å². The lowest BCUT2D eigenvalue weighted by Crippen LogP contribution is -2.27. The highest BCUT2D eigenvalue weighted by Gasteiger charge is 2.16. The molecule has 0 amide bonds. The number of aryl methyl sites for hydroxylation is 1. The molecule has 1 saturated heterocycles. The van der Waals surface area contributed by atoms with Crippen LogP contribution in [0.3, 0.4) is 0 Å². The fourth-order valence-corrected chi connectivity index (χ4v) is 4.92. The van der Waals surface area contributed by atoms with Crippen molar-refractivity contribution in [3.05, 3.63) is 46.5 Å². The lowest BCUT2D eigenvalue weighted by Gasteiger charge is -2.12. The Morgan fingerprint density at radius 3 is 2.83 bits per heavy atom. The van der Waals surface area contributed by atoms with E-state index in [0.717, 1.165) is 35.0 Å². The summed E-state index contributed by atoms with van der Waals surface area (Å²) < 4.78 is 27.0. The monoisotopic (exact) mass is 365 g/mol. The van der Waals surface area contributed by atoms with Crippen LogP contribution in [0.2, 0.25) is 0 Å². The van der Waals surface area contributed by atoms with E-state index in [9.17, 15) is 8.42 Å². The van der Waals surface area contributed by atoms with E-state index >= 15 is 0 Å². The van der Waals surface area contributed by atoms with Crippen molar-refractivity contribution < 1.29 is 8.42 Å². The topological polar surface area (TPSA) is 62.3 Å². The third-order valence-electron chi connectivity index (χ3n) is 4.06. The average molecular weight is 366 g/mol. The van der Waals surface area contributed by atoms with E-state index in [1.165, 1.54) is 12.8 Å². The van der Waals surface area contributed by atoms with Gasteiger partial charge in [0.2, 0.25) is 10.0 Å². The molecule has 1 aromatic carbocycles. The number of hydrogen-bond acceptors (Lipinski definition) is 5. The first-order chi connectivity index (χ1) is 11.5. The van der Waals surface area contributed by atoms with Gasteiger partial charge in [0.1, 0.15) is 0 Å². The normalized spacial score (nSPS) is 15.1. The molecule has 1 aliphatic heterocycles. The number of aromatic nitrogens is 1. The summed E-state index contributed by atoms with van der Waals surface area (Å²) in [6.07, 6.45) is 3.08. The van der Waals surface area contributed by atoms with Crippen LogP contribution in [-0.4, -0.2) is 33.0 Å². The maximum Gasteiger partial charge on any atom is 0.215 e. The maximum absolute atomic E-state index is 12.2. The Morgan fingerprint density at radius 1 is 1.29 bits per heavy atom. The van der Waals surface area contributed by atoms with Crippen LogP contribution in [0.4, 0.5) is 5.13 Å². The number of benzene rings is 1. The third-order valence-corrected chi connectivity index (χ3v) is 6.37. The molecule has 7 heteroatoms. The first-order valence-electron chi connectivity index (χ1n) is 8.24. The van der Waals surface area contributed by atoms with E-state index in [2.05, 4.69) is 14.6 Å². The minimum Gasteiger partial charge on any atom is -0.348 e. The Kier molecular flexibility index (Phi) is 5.53. The Bertz CT molecular complexity index is 781. The number of sulfonamides is 1. The summed E-state index contributed by atoms with van der Waals surface area (Å²) in [5.41, 5.74) is 2.84. The van der Waals surface area contributed by atoms with Gasteiger partial charge in [-0.15, -0.1) is 11.3 Å². The van der Waals surface area contributed by atoms with Crippen LogP contribution in [-0.2, 0) is 22.2 Å². The Hall–Kier alpha value is -1.44. The van der Waals surface area contributed by atoms with Crippen molar-refractivity contribution in [2.45, 2.75) is 31.9 Å². The van der Waals surface area contributed by atoms with Crippen LogP contribution in [0.5, 0.6) is 0 Å². The largest absolute Gasteiger partial charge is 0.348 e. The minimum atomic E-state index is -3.32. The molecule has 1 fully saturated rings. The van der Waals surface area contributed by atoms with Crippen molar-refractivity contribution in [3.8, 4) is 0 Å². The molecule has 5 nitrogen and oxygen atoms in total. The first-order valence-corrected chi connectivity index (χ1v) is 10.8. The standard InChI is InChI=1S/C17H23N3O2S2/c1-14-5-4-6-15(11-14)13-24(21,22)18-8-7-16-12-23-17(19-16)20-9-2-3-10-20/h4-6,11-12,18H,2-3,7-10,13H2,1H3. The van der Waals surface area contributed by atoms with Gasteiger partial charge in [0.15, 0.2) is 5.13 Å². The second-order valence-electron chi connectivity index (χ2n) is 6.21. The maximum atomic E-state index is 12.2. The molecule has 1 aromatic heterocycles. The van der Waals surface area contributed by atoms with Gasteiger partial charge in [-0.3, -0.25) is 0 Å². The highest BCUT2D eigenvalue weighted by Crippen LogP contribution is 2.24. The van der Waals surface area contributed by atoms with Gasteiger partial charge in [-0.25, -0.2) is 18.1 Å². The third kappa shape index (κ3) is 4.78. The van der Waals surface area contributed by atoms with Crippen LogP contribution in [0.1, 0.15) is 29.7 Å². The number of rotatable bonds is 7. The van der Waals surface area contributed by atoms with Gasteiger partial charge in [0.05, 0.1) is 11.4 Å². The number of hydrogen-bond donors (Lipinski definition) is 1. The molecule has 0 bridgehead atoms. The van der Waals surface area contributed by atoms with Crippen molar-refractivity contribution in [1.82, 2.24) is 9.71 Å². The molecule has 0 atom stereocenters. The van der Waals surface area contributed by atoms with Gasteiger partial charge in [-0.1, -0.05) is 29.8 Å². The van der Waals surface area contributed by atoms with Crippen LogP contribution < -0.4 is 9.62 Å². The molecular formula is C17H23N3O2S2. The predicted octanol–water partition coefficient (Wildman–Crippen LogP) is 2.71. The Labute approximate surface area is 147 Å². The summed E-state index contributed by atoms with van der Waals surface area (Å²) in [4.78, 5) is 6.92. The molecule has 24 heavy (non-hydrogen) atoms. The van der Waals surface area contributed by atoms with Crippen molar-refractivity contribution in [1.29, 1.82) is 0 Å². The molecule has 0 radical (unpaired) electrons. The van der Waals surface area contributed by atoms with Crippen molar-refractivity contribution in [2.75, 3.05) is 24.5 Å². The number of thiazole rings is 1. The number of nitrogens with one attached hydrogen (secondary N) is 1. The van der Waals surface area contributed by atoms with Crippen molar-refractivity contribution in [3.63, 3.8) is 0 Å². The van der Waals surface area contributed by atoms with Crippen molar-refractivity contribution in [2.24, 2.45) is 0 Å². The molecule has 130 valence electrons. The molecule has 0 aliphatic carbocycles. The van der Waals surface area contributed by atoms with Crippen LogP contribution in [0.15, 0.2) is 29.6 Å². The van der Waals surface area contributed by atoms with E-state index in [1.807, 2.05) is 36.6 Å². The highest BCUT2D eigenvalue weighted by atomic mass is 32.2. The van der Waals surface area contributed by atoms with Gasteiger partial charge in [0.25, 0.3) is 0 Å². The summed E-state index contributed by atoms with van der Waals surface area (Å²) in [5, 5.41) is 3.09. The summed E-state index contributed by atoms with van der Waals surface area (Å²) in [7, 11) is -3.32. The van der Waals surface area contributed by atoms with Gasteiger partial charge in [0, 0.05) is 31.4 Å². The minimum absolute atomic E-state index is 0.0186. The first kappa shape index (κ1) is 17.4. The molecule has 0 saturated carbocycles. The quantitative estimate of drug-likeness (QED) is 0.819. The lowest BCUT2D eigenvalue weighted by molar-refractivity contribution is 0.580. The predicted molar refractivity (Wildman–Crippen MR) is 99.1 cm³/mol. The van der Waals surface area contributed by atoms with Crippen LogP contribution in [0.25, 0.3) is 0 Å². The SMILES string of the molecule is Cc1cccc(CS(=O)(=O)NCCc2csc(N3CCCC3)n2)c1. The second kappa shape index (κ2) is 7.63. The molecular weight excluding hydrogens is 342 g/mol. The zero-order valence-corrected chi connectivity index (χ0v) is 15.5. The van der Waals surface area contributed by atoms with Crippen LogP contribution in [0, 0.1) is 6.92 Å². The van der Waals surface area contributed by atoms with E-state index in [-0.39, 0.29) is 5.75 Å². The highest BCUT2D eigenvalue weighted by molar-refractivity contribution is 7.88. The molecule has 1 N–H and O–H groups in total. The summed E-state index contributed by atoms with van der Waals surface area (Å²) >= 11 is 1.65. The van der Waals surface area contributed by atoms with E-state index in [1.54, 1.807) is 11.3 Å². The molecule has 0 spiro atoms. The van der Waals surface area contributed by atoms with Crippen LogP contribution >= 0.6 is 11.3 Å². The summed E-state index contributed by atoms with van der Waals surface area (Å²) in [6.45, 7) is 4.51. The average Bonchev–Trinajstić information content (AvgIpc) is 3.17. The molecule has 3 rings (SSSR count). The van der Waals surface area contributed by atoms with Gasteiger partial charge in [-0.05, 0) is 25.3 Å². The van der Waals surface area contributed by atoms with Gasteiger partial charge < -0.3 is 4.90 Å². The number of nitrogens with zero attached hydrogens (tertiary/aromatic N) is 2. The molecule has 1 aliphatic rings. The van der Waals surface area contributed by atoms with E-state index in [4.69, 9.17) is 0 Å². The Morgan fingerprint density at radius 2 is 2.08 bits per heavy atom. The molecule has 2 aromatic rings. The van der Waals surface area contributed by atoms with Gasteiger partial charge >= 0.3 is 0 Å². The Balaban J connectivity index is 1.50. The molecule has 2 heterocycles.